The summed E-state index contributed by atoms with van der Waals surface area (Å²) in [6, 6.07) is 2.30. The summed E-state index contributed by atoms with van der Waals surface area (Å²) in [6.45, 7) is 4.75. The number of hydrogen-bond donors (Lipinski definition) is 1. The van der Waals surface area contributed by atoms with Crippen molar-refractivity contribution in [2.45, 2.75) is 30.1 Å². The molecule has 0 saturated carbocycles. The van der Waals surface area contributed by atoms with E-state index in [1.807, 2.05) is 13.8 Å². The minimum absolute atomic E-state index is 0.424. The van der Waals surface area contributed by atoms with Crippen LogP contribution in [0.25, 0.3) is 0 Å². The molecule has 0 fully saturated rings. The quantitative estimate of drug-likeness (QED) is 0.772. The molecule has 0 aliphatic rings. The minimum Gasteiger partial charge on any atom is -0.300 e. The molecule has 0 aliphatic carbocycles. The number of nitriles is 1. The molecule has 82 valence electrons. The van der Waals surface area contributed by atoms with Gasteiger partial charge >= 0.3 is 0 Å². The highest BCUT2D eigenvalue weighted by Crippen LogP contribution is 2.21. The van der Waals surface area contributed by atoms with Gasteiger partial charge in [0.25, 0.3) is 0 Å². The van der Waals surface area contributed by atoms with E-state index in [2.05, 4.69) is 20.7 Å². The third kappa shape index (κ3) is 4.16. The van der Waals surface area contributed by atoms with Crippen LogP contribution >= 0.6 is 23.3 Å². The van der Waals surface area contributed by atoms with Crippen molar-refractivity contribution in [2.75, 3.05) is 12.3 Å². The predicted octanol–water partition coefficient (Wildman–Crippen LogP) is 1.91. The normalized spacial score (nSPS) is 14.5. The second-order valence-corrected chi connectivity index (χ2v) is 5.40. The van der Waals surface area contributed by atoms with Gasteiger partial charge in [-0.3, -0.25) is 5.32 Å². The maximum absolute atomic E-state index is 9.03. The molecule has 0 spiro atoms. The third-order valence-electron chi connectivity index (χ3n) is 1.98. The van der Waals surface area contributed by atoms with Gasteiger partial charge in [-0.25, -0.2) is 4.98 Å². The van der Waals surface area contributed by atoms with E-state index >= 15 is 0 Å². The number of nitrogens with zero attached hydrogens (tertiary/aromatic N) is 3. The minimum atomic E-state index is -0.424. The van der Waals surface area contributed by atoms with Gasteiger partial charge in [-0.1, -0.05) is 18.7 Å². The average molecular weight is 242 g/mol. The van der Waals surface area contributed by atoms with Gasteiger partial charge in [0.15, 0.2) is 4.34 Å². The molecule has 1 unspecified atom stereocenters. The van der Waals surface area contributed by atoms with Crippen LogP contribution < -0.4 is 5.32 Å². The first kappa shape index (κ1) is 12.4. The zero-order valence-electron chi connectivity index (χ0n) is 8.86. The van der Waals surface area contributed by atoms with Crippen LogP contribution in [-0.4, -0.2) is 27.2 Å². The summed E-state index contributed by atoms with van der Waals surface area (Å²) in [6.07, 6.45) is 2.36. The van der Waals surface area contributed by atoms with Crippen LogP contribution in [0.4, 0.5) is 0 Å². The number of thioether (sulfide) groups is 1. The summed E-state index contributed by atoms with van der Waals surface area (Å²) < 4.78 is 4.89. The highest BCUT2D eigenvalue weighted by molar-refractivity contribution is 8.00. The van der Waals surface area contributed by atoms with Crippen molar-refractivity contribution in [3.63, 3.8) is 0 Å². The highest BCUT2D eigenvalue weighted by atomic mass is 32.2. The topological polar surface area (TPSA) is 61.6 Å². The van der Waals surface area contributed by atoms with E-state index in [9.17, 15) is 0 Å². The average Bonchev–Trinajstić information content (AvgIpc) is 2.71. The molecule has 6 heteroatoms. The van der Waals surface area contributed by atoms with Gasteiger partial charge in [-0.15, -0.1) is 0 Å². The summed E-state index contributed by atoms with van der Waals surface area (Å²) in [4.78, 5) is 4.07. The highest BCUT2D eigenvalue weighted by Gasteiger charge is 2.21. The lowest BCUT2D eigenvalue weighted by atomic mass is 10.0. The Hall–Kier alpha value is -0.640. The molecule has 0 aliphatic heterocycles. The molecule has 1 rings (SSSR count). The fourth-order valence-electron chi connectivity index (χ4n) is 1.14. The Morgan fingerprint density at radius 3 is 3.07 bits per heavy atom. The fourth-order valence-corrected chi connectivity index (χ4v) is 2.82. The van der Waals surface area contributed by atoms with Gasteiger partial charge in [-0.05, 0) is 31.4 Å². The Morgan fingerprint density at radius 2 is 2.53 bits per heavy atom. The van der Waals surface area contributed by atoms with E-state index in [1.54, 1.807) is 18.1 Å². The summed E-state index contributed by atoms with van der Waals surface area (Å²) in [5, 5.41) is 12.2. The van der Waals surface area contributed by atoms with Crippen LogP contribution in [0.5, 0.6) is 0 Å². The number of hydrogen-bond acceptors (Lipinski definition) is 6. The van der Waals surface area contributed by atoms with E-state index < -0.39 is 5.54 Å². The Balaban J connectivity index is 2.32. The van der Waals surface area contributed by atoms with Crippen molar-refractivity contribution in [2.24, 2.45) is 0 Å². The molecule has 0 bridgehead atoms. The van der Waals surface area contributed by atoms with Crippen LogP contribution in [0.15, 0.2) is 10.7 Å². The van der Waals surface area contributed by atoms with Gasteiger partial charge in [0.1, 0.15) is 11.9 Å². The Morgan fingerprint density at radius 1 is 1.73 bits per heavy atom. The van der Waals surface area contributed by atoms with Crippen molar-refractivity contribution in [3.05, 3.63) is 6.33 Å². The van der Waals surface area contributed by atoms with Crippen molar-refractivity contribution in [1.29, 1.82) is 5.26 Å². The molecule has 0 radical (unpaired) electrons. The molecule has 15 heavy (non-hydrogen) atoms. The largest absolute Gasteiger partial charge is 0.300 e. The summed E-state index contributed by atoms with van der Waals surface area (Å²) in [5.41, 5.74) is -0.424. The van der Waals surface area contributed by atoms with Gasteiger partial charge in [0.05, 0.1) is 6.07 Å². The molecule has 1 N–H and O–H groups in total. The maximum Gasteiger partial charge on any atom is 0.169 e. The SMILES string of the molecule is CCNC(C)(C#N)CCSc1ncns1. The van der Waals surface area contributed by atoms with E-state index in [0.29, 0.717) is 0 Å². The molecule has 1 heterocycles. The molecule has 0 amide bonds. The fraction of sp³-hybridized carbons (Fsp3) is 0.667. The number of nitrogens with one attached hydrogen (secondary N) is 1. The van der Waals surface area contributed by atoms with Crippen molar-refractivity contribution < 1.29 is 0 Å². The summed E-state index contributed by atoms with van der Waals surface area (Å²) >= 11 is 3.04. The van der Waals surface area contributed by atoms with E-state index in [4.69, 9.17) is 5.26 Å². The van der Waals surface area contributed by atoms with Gasteiger partial charge in [0.2, 0.25) is 0 Å². The van der Waals surface area contributed by atoms with E-state index in [0.717, 1.165) is 23.1 Å². The van der Waals surface area contributed by atoms with E-state index in [1.165, 1.54) is 11.5 Å². The molecule has 1 aromatic heterocycles. The molecule has 0 saturated heterocycles. The second-order valence-electron chi connectivity index (χ2n) is 3.28. The smallest absolute Gasteiger partial charge is 0.169 e. The molecule has 1 atom stereocenters. The lowest BCUT2D eigenvalue weighted by molar-refractivity contribution is 0.450. The molecule has 4 nitrogen and oxygen atoms in total. The lowest BCUT2D eigenvalue weighted by Gasteiger charge is -2.21. The molecular formula is C9H14N4S2. The Labute approximate surface area is 98.3 Å². The maximum atomic E-state index is 9.03. The van der Waals surface area contributed by atoms with Crippen molar-refractivity contribution >= 4 is 23.3 Å². The molecule has 0 aromatic carbocycles. The zero-order valence-corrected chi connectivity index (χ0v) is 10.5. The Bertz CT molecular complexity index is 319. The first-order valence-corrected chi connectivity index (χ1v) is 6.52. The lowest BCUT2D eigenvalue weighted by Crippen LogP contribution is -2.41. The Kier molecular flexibility index (Phi) is 5.02. The predicted molar refractivity (Wildman–Crippen MR) is 62.9 cm³/mol. The van der Waals surface area contributed by atoms with Crippen molar-refractivity contribution in [3.8, 4) is 6.07 Å². The standard InChI is InChI=1S/C9H14N4S2/c1-3-12-9(2,6-10)4-5-14-8-11-7-13-15-8/h7,12H,3-5H2,1-2H3. The summed E-state index contributed by atoms with van der Waals surface area (Å²) in [5.74, 6) is 0.881. The van der Waals surface area contributed by atoms with Crippen LogP contribution in [-0.2, 0) is 0 Å². The zero-order chi connectivity index (χ0) is 11.1. The van der Waals surface area contributed by atoms with Crippen LogP contribution in [0.1, 0.15) is 20.3 Å². The van der Waals surface area contributed by atoms with Crippen LogP contribution in [0.3, 0.4) is 0 Å². The monoisotopic (exact) mass is 242 g/mol. The second kappa shape index (κ2) is 6.05. The van der Waals surface area contributed by atoms with Gasteiger partial charge in [0, 0.05) is 5.75 Å². The number of rotatable bonds is 6. The van der Waals surface area contributed by atoms with Crippen LogP contribution in [0.2, 0.25) is 0 Å². The molecule has 1 aromatic rings. The molecular weight excluding hydrogens is 228 g/mol. The third-order valence-corrected chi connectivity index (χ3v) is 3.78. The summed E-state index contributed by atoms with van der Waals surface area (Å²) in [7, 11) is 0. The number of aromatic nitrogens is 2. The first-order valence-electron chi connectivity index (χ1n) is 4.76. The first-order chi connectivity index (χ1) is 7.20. The van der Waals surface area contributed by atoms with Gasteiger partial charge in [-0.2, -0.15) is 9.64 Å². The van der Waals surface area contributed by atoms with Crippen molar-refractivity contribution in [1.82, 2.24) is 14.7 Å². The van der Waals surface area contributed by atoms with Crippen LogP contribution in [0, 0.1) is 11.3 Å². The van der Waals surface area contributed by atoms with Gasteiger partial charge < -0.3 is 0 Å². The van der Waals surface area contributed by atoms with E-state index in [-0.39, 0.29) is 0 Å².